The van der Waals surface area contributed by atoms with Gasteiger partial charge in [0.2, 0.25) is 0 Å². The first kappa shape index (κ1) is 17.3. The van der Waals surface area contributed by atoms with E-state index in [-0.39, 0.29) is 13.0 Å². The molecule has 7 nitrogen and oxygen atoms in total. The van der Waals surface area contributed by atoms with Crippen LogP contribution in [0.4, 0.5) is 5.69 Å². The highest BCUT2D eigenvalue weighted by Crippen LogP contribution is 2.27. The van der Waals surface area contributed by atoms with Crippen LogP contribution in [0.1, 0.15) is 12.5 Å². The fourth-order valence-corrected chi connectivity index (χ4v) is 2.13. The topological polar surface area (TPSA) is 98.9 Å². The Balaban J connectivity index is 2.23. The SMILES string of the molecule is CCOC(=O)C(Cc1ccc(O)c([N+](=O)[O-])c1)Oc1ccccc1. The number of carbonyl (C=O) groups is 1. The molecule has 2 aromatic carbocycles. The Kier molecular flexibility index (Phi) is 5.73. The van der Waals surface area contributed by atoms with Gasteiger partial charge in [-0.3, -0.25) is 10.1 Å². The lowest BCUT2D eigenvalue weighted by atomic mass is 10.1. The Hall–Kier alpha value is -3.09. The zero-order valence-corrected chi connectivity index (χ0v) is 13.0. The highest BCUT2D eigenvalue weighted by Gasteiger charge is 2.24. The normalized spacial score (nSPS) is 11.5. The van der Waals surface area contributed by atoms with Crippen molar-refractivity contribution in [3.63, 3.8) is 0 Å². The molecule has 0 heterocycles. The molecule has 7 heteroatoms. The van der Waals surface area contributed by atoms with E-state index in [4.69, 9.17) is 9.47 Å². The van der Waals surface area contributed by atoms with Crippen molar-refractivity contribution >= 4 is 11.7 Å². The molecule has 2 rings (SSSR count). The molecule has 0 aliphatic heterocycles. The summed E-state index contributed by atoms with van der Waals surface area (Å²) in [7, 11) is 0. The summed E-state index contributed by atoms with van der Waals surface area (Å²) in [6, 6.07) is 12.7. The van der Waals surface area contributed by atoms with Crippen LogP contribution in [0.25, 0.3) is 0 Å². The Morgan fingerprint density at radius 3 is 2.58 bits per heavy atom. The first-order valence-corrected chi connectivity index (χ1v) is 7.36. The second-order valence-corrected chi connectivity index (χ2v) is 4.96. The summed E-state index contributed by atoms with van der Waals surface area (Å²) < 4.78 is 10.7. The molecule has 1 N–H and O–H groups in total. The van der Waals surface area contributed by atoms with Gasteiger partial charge in [0.15, 0.2) is 11.9 Å². The lowest BCUT2D eigenvalue weighted by Crippen LogP contribution is -2.31. The van der Waals surface area contributed by atoms with Crippen molar-refractivity contribution in [2.45, 2.75) is 19.4 Å². The molecule has 0 aliphatic carbocycles. The summed E-state index contributed by atoms with van der Waals surface area (Å²) in [6.07, 6.45) is -0.869. The van der Waals surface area contributed by atoms with E-state index in [1.807, 2.05) is 6.07 Å². The van der Waals surface area contributed by atoms with Gasteiger partial charge in [0.05, 0.1) is 11.5 Å². The minimum Gasteiger partial charge on any atom is -0.502 e. The van der Waals surface area contributed by atoms with Gasteiger partial charge in [0, 0.05) is 12.5 Å². The number of aromatic hydroxyl groups is 1. The number of rotatable bonds is 7. The molecule has 2 aromatic rings. The second-order valence-electron chi connectivity index (χ2n) is 4.96. The van der Waals surface area contributed by atoms with Gasteiger partial charge in [0.1, 0.15) is 5.75 Å². The summed E-state index contributed by atoms with van der Waals surface area (Å²) in [4.78, 5) is 22.3. The Morgan fingerprint density at radius 2 is 1.96 bits per heavy atom. The molecule has 0 amide bonds. The standard InChI is InChI=1S/C17H17NO6/c1-2-23-17(20)16(24-13-6-4-3-5-7-13)11-12-8-9-15(19)14(10-12)18(21)22/h3-10,16,19H,2,11H2,1H3. The number of carbonyl (C=O) groups excluding carboxylic acids is 1. The molecule has 1 unspecified atom stereocenters. The number of benzene rings is 2. The molecule has 0 aliphatic rings. The van der Waals surface area contributed by atoms with Gasteiger partial charge in [-0.2, -0.15) is 0 Å². The predicted molar refractivity (Wildman–Crippen MR) is 86.0 cm³/mol. The summed E-state index contributed by atoms with van der Waals surface area (Å²) in [5, 5.41) is 20.4. The maximum Gasteiger partial charge on any atom is 0.347 e. The van der Waals surface area contributed by atoms with E-state index >= 15 is 0 Å². The van der Waals surface area contributed by atoms with E-state index in [0.29, 0.717) is 11.3 Å². The maximum atomic E-state index is 12.1. The minimum atomic E-state index is -0.948. The smallest absolute Gasteiger partial charge is 0.347 e. The van der Waals surface area contributed by atoms with Gasteiger partial charge in [-0.25, -0.2) is 4.79 Å². The zero-order valence-electron chi connectivity index (χ0n) is 13.0. The monoisotopic (exact) mass is 331 g/mol. The molecule has 0 bridgehead atoms. The van der Waals surface area contributed by atoms with E-state index in [1.165, 1.54) is 18.2 Å². The fourth-order valence-electron chi connectivity index (χ4n) is 2.13. The van der Waals surface area contributed by atoms with Crippen LogP contribution < -0.4 is 4.74 Å². The van der Waals surface area contributed by atoms with Crippen molar-refractivity contribution in [2.75, 3.05) is 6.61 Å². The summed E-state index contributed by atoms with van der Waals surface area (Å²) in [5.41, 5.74) is 0.0586. The summed E-state index contributed by atoms with van der Waals surface area (Å²) in [5.74, 6) is -0.499. The van der Waals surface area contributed by atoms with E-state index in [9.17, 15) is 20.0 Å². The highest BCUT2D eigenvalue weighted by atomic mass is 16.6. The summed E-state index contributed by atoms with van der Waals surface area (Å²) >= 11 is 0. The third kappa shape index (κ3) is 4.45. The van der Waals surface area contributed by atoms with E-state index in [2.05, 4.69) is 0 Å². The molecule has 0 saturated carbocycles. The zero-order chi connectivity index (χ0) is 17.5. The number of hydrogen-bond donors (Lipinski definition) is 1. The van der Waals surface area contributed by atoms with E-state index in [1.54, 1.807) is 31.2 Å². The van der Waals surface area contributed by atoms with Gasteiger partial charge in [-0.05, 0) is 30.7 Å². The van der Waals surface area contributed by atoms with Crippen molar-refractivity contribution in [2.24, 2.45) is 0 Å². The van der Waals surface area contributed by atoms with Gasteiger partial charge >= 0.3 is 11.7 Å². The van der Waals surface area contributed by atoms with Crippen LogP contribution in [0.3, 0.4) is 0 Å². The van der Waals surface area contributed by atoms with Crippen molar-refractivity contribution in [3.05, 3.63) is 64.2 Å². The van der Waals surface area contributed by atoms with Crippen LogP contribution in [0.2, 0.25) is 0 Å². The average molecular weight is 331 g/mol. The lowest BCUT2D eigenvalue weighted by Gasteiger charge is -2.17. The third-order valence-electron chi connectivity index (χ3n) is 3.23. The highest BCUT2D eigenvalue weighted by molar-refractivity contribution is 5.75. The average Bonchev–Trinajstić information content (AvgIpc) is 2.57. The number of hydrogen-bond acceptors (Lipinski definition) is 6. The number of para-hydroxylation sites is 1. The van der Waals surface area contributed by atoms with Crippen LogP contribution in [-0.4, -0.2) is 28.7 Å². The molecule has 24 heavy (non-hydrogen) atoms. The Labute approximate surface area is 138 Å². The third-order valence-corrected chi connectivity index (χ3v) is 3.23. The van der Waals surface area contributed by atoms with Crippen LogP contribution in [-0.2, 0) is 16.0 Å². The molecular weight excluding hydrogens is 314 g/mol. The molecule has 0 radical (unpaired) electrons. The minimum absolute atomic E-state index is 0.0782. The number of nitro benzene ring substituents is 1. The first-order valence-electron chi connectivity index (χ1n) is 7.36. The largest absolute Gasteiger partial charge is 0.502 e. The lowest BCUT2D eigenvalue weighted by molar-refractivity contribution is -0.385. The van der Waals surface area contributed by atoms with Crippen LogP contribution in [0.15, 0.2) is 48.5 Å². The Morgan fingerprint density at radius 1 is 1.25 bits per heavy atom. The van der Waals surface area contributed by atoms with E-state index in [0.717, 1.165) is 0 Å². The molecule has 0 saturated heterocycles. The van der Waals surface area contributed by atoms with Crippen molar-refractivity contribution in [1.29, 1.82) is 0 Å². The van der Waals surface area contributed by atoms with Gasteiger partial charge < -0.3 is 14.6 Å². The first-order chi connectivity index (χ1) is 11.5. The number of phenols is 1. The number of nitrogens with zero attached hydrogens (tertiary/aromatic N) is 1. The predicted octanol–water partition coefficient (Wildman–Crippen LogP) is 2.85. The van der Waals surface area contributed by atoms with Crippen molar-refractivity contribution in [3.8, 4) is 11.5 Å². The second kappa shape index (κ2) is 7.96. The van der Waals surface area contributed by atoms with Crippen molar-refractivity contribution in [1.82, 2.24) is 0 Å². The van der Waals surface area contributed by atoms with Crippen LogP contribution >= 0.6 is 0 Å². The fraction of sp³-hybridized carbons (Fsp3) is 0.235. The maximum absolute atomic E-state index is 12.1. The number of esters is 1. The van der Waals surface area contributed by atoms with Crippen LogP contribution in [0.5, 0.6) is 11.5 Å². The number of nitro groups is 1. The number of ether oxygens (including phenoxy) is 2. The number of phenolic OH excluding ortho intramolecular Hbond substituents is 1. The quantitative estimate of drug-likeness (QED) is 0.476. The molecular formula is C17H17NO6. The van der Waals surface area contributed by atoms with Gasteiger partial charge in [-0.1, -0.05) is 24.3 Å². The van der Waals surface area contributed by atoms with Crippen LogP contribution in [0, 0.1) is 10.1 Å². The molecule has 0 aromatic heterocycles. The summed E-state index contributed by atoms with van der Waals surface area (Å²) in [6.45, 7) is 1.88. The Bertz CT molecular complexity index is 716. The van der Waals surface area contributed by atoms with Crippen molar-refractivity contribution < 1.29 is 24.3 Å². The molecule has 0 fully saturated rings. The molecule has 0 spiro atoms. The van der Waals surface area contributed by atoms with Gasteiger partial charge in [-0.15, -0.1) is 0 Å². The van der Waals surface area contributed by atoms with E-state index < -0.39 is 28.4 Å². The van der Waals surface area contributed by atoms with Gasteiger partial charge in [0.25, 0.3) is 0 Å². The molecule has 1 atom stereocenters. The molecule has 126 valence electrons.